The molecule has 0 aromatic heterocycles. The summed E-state index contributed by atoms with van der Waals surface area (Å²) in [5.41, 5.74) is 0. The minimum atomic E-state index is 0.988. The largest absolute Gasteiger partial charge is 0.316 e. The molecule has 0 bridgehead atoms. The van der Waals surface area contributed by atoms with Gasteiger partial charge in [0.15, 0.2) is 0 Å². The van der Waals surface area contributed by atoms with E-state index in [1.807, 2.05) is 0 Å². The van der Waals surface area contributed by atoms with Gasteiger partial charge < -0.3 is 10.2 Å². The van der Waals surface area contributed by atoms with Gasteiger partial charge in [0.1, 0.15) is 0 Å². The third-order valence-corrected chi connectivity index (χ3v) is 4.47. The van der Waals surface area contributed by atoms with Crippen LogP contribution in [0.2, 0.25) is 0 Å². The van der Waals surface area contributed by atoms with E-state index < -0.39 is 0 Å². The molecule has 3 aliphatic rings. The molecule has 0 aromatic rings. The zero-order valence-electron chi connectivity index (χ0n) is 10.5. The molecule has 2 heteroatoms. The Morgan fingerprint density at radius 3 is 2.50 bits per heavy atom. The Morgan fingerprint density at radius 2 is 1.88 bits per heavy atom. The zero-order chi connectivity index (χ0) is 10.8. The van der Waals surface area contributed by atoms with Crippen LogP contribution in [0.25, 0.3) is 0 Å². The highest BCUT2D eigenvalue weighted by molar-refractivity contribution is 4.88. The summed E-state index contributed by atoms with van der Waals surface area (Å²) in [7, 11) is 0. The molecule has 0 aromatic carbocycles. The monoisotopic (exact) mass is 222 g/mol. The quantitative estimate of drug-likeness (QED) is 0.711. The topological polar surface area (TPSA) is 15.3 Å². The van der Waals surface area contributed by atoms with Crippen LogP contribution in [-0.4, -0.2) is 37.1 Å². The first kappa shape index (κ1) is 11.0. The molecule has 0 radical (unpaired) electrons. The van der Waals surface area contributed by atoms with Crippen LogP contribution in [0.1, 0.15) is 44.9 Å². The van der Waals surface area contributed by atoms with Crippen molar-refractivity contribution in [1.82, 2.24) is 10.2 Å². The highest BCUT2D eigenvalue weighted by Gasteiger charge is 2.33. The van der Waals surface area contributed by atoms with Gasteiger partial charge in [-0.05, 0) is 76.4 Å². The van der Waals surface area contributed by atoms with Gasteiger partial charge in [0.25, 0.3) is 0 Å². The van der Waals surface area contributed by atoms with Crippen LogP contribution in [0.4, 0.5) is 0 Å². The molecule has 2 aliphatic carbocycles. The van der Waals surface area contributed by atoms with Crippen LogP contribution in [0.3, 0.4) is 0 Å². The first-order valence-electron chi connectivity index (χ1n) is 7.36. The minimum Gasteiger partial charge on any atom is -0.316 e. The highest BCUT2D eigenvalue weighted by atomic mass is 15.2. The molecular weight excluding hydrogens is 196 g/mol. The van der Waals surface area contributed by atoms with E-state index >= 15 is 0 Å². The number of hydrogen-bond donors (Lipinski definition) is 1. The molecule has 1 heterocycles. The third kappa shape index (κ3) is 3.21. The summed E-state index contributed by atoms with van der Waals surface area (Å²) >= 11 is 0. The second kappa shape index (κ2) is 5.05. The summed E-state index contributed by atoms with van der Waals surface area (Å²) in [5.74, 6) is 2.07. The lowest BCUT2D eigenvalue weighted by Crippen LogP contribution is -2.29. The Bertz CT molecular complexity index is 215. The van der Waals surface area contributed by atoms with Crippen molar-refractivity contribution in [2.24, 2.45) is 11.8 Å². The number of nitrogens with zero attached hydrogens (tertiary/aromatic N) is 1. The standard InChI is InChI=1S/C14H26N2/c1(2-12-7-8-15-10-12)9-16(14-5-6-14)11-13-3-4-13/h12-15H,1-11H2. The maximum absolute atomic E-state index is 3.47. The molecule has 2 saturated carbocycles. The summed E-state index contributed by atoms with van der Waals surface area (Å²) in [6, 6.07) is 0.988. The lowest BCUT2D eigenvalue weighted by atomic mass is 10.0. The molecule has 0 amide bonds. The van der Waals surface area contributed by atoms with Crippen molar-refractivity contribution in [3.05, 3.63) is 0 Å². The van der Waals surface area contributed by atoms with E-state index in [2.05, 4.69) is 10.2 Å². The average molecular weight is 222 g/mol. The third-order valence-electron chi connectivity index (χ3n) is 4.47. The van der Waals surface area contributed by atoms with Gasteiger partial charge in [0.05, 0.1) is 0 Å². The Morgan fingerprint density at radius 1 is 1.00 bits per heavy atom. The van der Waals surface area contributed by atoms with Crippen molar-refractivity contribution < 1.29 is 0 Å². The van der Waals surface area contributed by atoms with Gasteiger partial charge in [-0.3, -0.25) is 0 Å². The Balaban J connectivity index is 1.34. The van der Waals surface area contributed by atoms with Crippen molar-refractivity contribution >= 4 is 0 Å². The summed E-state index contributed by atoms with van der Waals surface area (Å²) < 4.78 is 0. The van der Waals surface area contributed by atoms with E-state index in [4.69, 9.17) is 0 Å². The van der Waals surface area contributed by atoms with Crippen LogP contribution in [0.5, 0.6) is 0 Å². The van der Waals surface area contributed by atoms with Gasteiger partial charge in [-0.1, -0.05) is 0 Å². The second-order valence-corrected chi connectivity index (χ2v) is 6.17. The normalized spacial score (nSPS) is 30.2. The van der Waals surface area contributed by atoms with E-state index in [1.165, 1.54) is 71.1 Å². The van der Waals surface area contributed by atoms with Gasteiger partial charge in [-0.15, -0.1) is 0 Å². The molecule has 1 saturated heterocycles. The van der Waals surface area contributed by atoms with Crippen LogP contribution in [0, 0.1) is 11.8 Å². The second-order valence-electron chi connectivity index (χ2n) is 6.17. The molecule has 2 nitrogen and oxygen atoms in total. The molecule has 1 N–H and O–H groups in total. The lowest BCUT2D eigenvalue weighted by Gasteiger charge is -2.22. The summed E-state index contributed by atoms with van der Waals surface area (Å²) in [4.78, 5) is 2.81. The van der Waals surface area contributed by atoms with Crippen LogP contribution < -0.4 is 5.32 Å². The van der Waals surface area contributed by atoms with Gasteiger partial charge in [-0.2, -0.15) is 0 Å². The number of nitrogens with one attached hydrogen (secondary N) is 1. The molecule has 92 valence electrons. The fraction of sp³-hybridized carbons (Fsp3) is 1.00. The number of hydrogen-bond acceptors (Lipinski definition) is 2. The van der Waals surface area contributed by atoms with E-state index in [9.17, 15) is 0 Å². The van der Waals surface area contributed by atoms with Crippen molar-refractivity contribution in [2.45, 2.75) is 51.0 Å². The van der Waals surface area contributed by atoms with Crippen LogP contribution in [-0.2, 0) is 0 Å². The molecule has 1 atom stereocenters. The fourth-order valence-corrected chi connectivity index (χ4v) is 3.04. The predicted octanol–water partition coefficient (Wildman–Crippen LogP) is 2.25. The van der Waals surface area contributed by atoms with Gasteiger partial charge >= 0.3 is 0 Å². The molecule has 1 aliphatic heterocycles. The molecule has 1 unspecified atom stereocenters. The Hall–Kier alpha value is -0.0800. The van der Waals surface area contributed by atoms with Crippen molar-refractivity contribution in [3.63, 3.8) is 0 Å². The van der Waals surface area contributed by atoms with Gasteiger partial charge in [0.2, 0.25) is 0 Å². The van der Waals surface area contributed by atoms with Crippen LogP contribution >= 0.6 is 0 Å². The molecule has 16 heavy (non-hydrogen) atoms. The van der Waals surface area contributed by atoms with Crippen molar-refractivity contribution in [3.8, 4) is 0 Å². The fourth-order valence-electron chi connectivity index (χ4n) is 3.04. The maximum Gasteiger partial charge on any atom is 0.00965 e. The molecule has 3 fully saturated rings. The summed E-state index contributed by atoms with van der Waals surface area (Å²) in [6.07, 6.45) is 10.3. The van der Waals surface area contributed by atoms with Crippen molar-refractivity contribution in [2.75, 3.05) is 26.2 Å². The van der Waals surface area contributed by atoms with Crippen LogP contribution in [0.15, 0.2) is 0 Å². The SMILES string of the molecule is C(CC1CCNC1)CN(CC1CC1)C1CC1. The molecular formula is C14H26N2. The zero-order valence-corrected chi connectivity index (χ0v) is 10.5. The van der Waals surface area contributed by atoms with Gasteiger partial charge in [-0.25, -0.2) is 0 Å². The van der Waals surface area contributed by atoms with E-state index in [1.54, 1.807) is 0 Å². The summed E-state index contributed by atoms with van der Waals surface area (Å²) in [6.45, 7) is 5.36. The van der Waals surface area contributed by atoms with Gasteiger partial charge in [0, 0.05) is 12.6 Å². The first-order chi connectivity index (χ1) is 7.92. The maximum atomic E-state index is 3.47. The minimum absolute atomic E-state index is 0.988. The van der Waals surface area contributed by atoms with Crippen molar-refractivity contribution in [1.29, 1.82) is 0 Å². The predicted molar refractivity (Wildman–Crippen MR) is 67.5 cm³/mol. The lowest BCUT2D eigenvalue weighted by molar-refractivity contribution is 0.242. The number of rotatable bonds is 7. The van der Waals surface area contributed by atoms with E-state index in [-0.39, 0.29) is 0 Å². The highest BCUT2D eigenvalue weighted by Crippen LogP contribution is 2.35. The Labute approximate surface area is 99.8 Å². The molecule has 0 spiro atoms. The molecule has 3 rings (SSSR count). The van der Waals surface area contributed by atoms with E-state index in [0.29, 0.717) is 0 Å². The summed E-state index contributed by atoms with van der Waals surface area (Å²) in [5, 5.41) is 3.47. The van der Waals surface area contributed by atoms with E-state index in [0.717, 1.165) is 17.9 Å². The smallest absolute Gasteiger partial charge is 0.00965 e. The Kier molecular flexibility index (Phi) is 3.49. The average Bonchev–Trinajstić information content (AvgIpc) is 3.18. The first-order valence-corrected chi connectivity index (χ1v) is 7.36.